The summed E-state index contributed by atoms with van der Waals surface area (Å²) in [5.41, 5.74) is 14.3. The van der Waals surface area contributed by atoms with Crippen LogP contribution in [0.25, 0.3) is 11.1 Å². The summed E-state index contributed by atoms with van der Waals surface area (Å²) < 4.78 is 23.7. The zero-order valence-corrected chi connectivity index (χ0v) is 36.6. The molecule has 4 heterocycles. The Morgan fingerprint density at radius 2 is 1.11 bits per heavy atom. The number of anilines is 1. The summed E-state index contributed by atoms with van der Waals surface area (Å²) in [5, 5.41) is 0. The molecule has 63 heavy (non-hydrogen) atoms. The highest BCUT2D eigenvalue weighted by molar-refractivity contribution is 6.06. The van der Waals surface area contributed by atoms with Crippen molar-refractivity contribution in [1.82, 2.24) is 9.80 Å². The van der Waals surface area contributed by atoms with Gasteiger partial charge >= 0.3 is 0 Å². The maximum absolute atomic E-state index is 14.0. The SMILES string of the molecule is CCCC1CCC(CCc2ccc(C3=CN4C(=O)c5cc(OC)c(OCCCOc6cc7c(cc6OC)C(=O)N6C=C(c8ccc(N)cc8)C[C@H]6C=N7)cc5N=C[C@@H]4C3)cc2)CC1. The summed E-state index contributed by atoms with van der Waals surface area (Å²) in [5.74, 6) is 3.40. The number of amides is 2. The summed E-state index contributed by atoms with van der Waals surface area (Å²) in [7, 11) is 3.12. The van der Waals surface area contributed by atoms with Crippen LogP contribution in [-0.4, -0.2) is 73.6 Å². The van der Waals surface area contributed by atoms with E-state index in [1.165, 1.54) is 50.5 Å². The van der Waals surface area contributed by atoms with Crippen molar-refractivity contribution in [2.45, 2.75) is 89.6 Å². The van der Waals surface area contributed by atoms with Gasteiger partial charge in [0.2, 0.25) is 0 Å². The summed E-state index contributed by atoms with van der Waals surface area (Å²) in [4.78, 5) is 40.8. The van der Waals surface area contributed by atoms with Crippen molar-refractivity contribution in [2.24, 2.45) is 21.8 Å². The molecule has 0 spiro atoms. The first-order valence-electron chi connectivity index (χ1n) is 22.6. The third-order valence-corrected chi connectivity index (χ3v) is 13.3. The van der Waals surface area contributed by atoms with Crippen LogP contribution in [0, 0.1) is 11.8 Å². The highest BCUT2D eigenvalue weighted by Crippen LogP contribution is 2.42. The highest BCUT2D eigenvalue weighted by atomic mass is 16.5. The van der Waals surface area contributed by atoms with Crippen LogP contribution in [0.5, 0.6) is 23.0 Å². The van der Waals surface area contributed by atoms with Crippen LogP contribution in [0.15, 0.2) is 95.2 Å². The lowest BCUT2D eigenvalue weighted by molar-refractivity contribution is 0.0809. The minimum absolute atomic E-state index is 0.119. The van der Waals surface area contributed by atoms with Gasteiger partial charge in [0, 0.05) is 61.9 Å². The molecule has 5 aliphatic rings. The normalized spacial score (nSPS) is 21.1. The Hall–Kier alpha value is -6.36. The molecule has 9 rings (SSSR count). The molecular weight excluding hydrogens is 791 g/mol. The number of ether oxygens (including phenoxy) is 4. The zero-order chi connectivity index (χ0) is 43.5. The number of fused-ring (bicyclic) bond motifs is 4. The van der Waals surface area contributed by atoms with Crippen LogP contribution >= 0.6 is 0 Å². The van der Waals surface area contributed by atoms with Gasteiger partial charge in [-0.1, -0.05) is 81.8 Å². The number of hydrogen-bond donors (Lipinski definition) is 1. The Morgan fingerprint density at radius 1 is 0.635 bits per heavy atom. The minimum Gasteiger partial charge on any atom is -0.493 e. The fraction of sp³-hybridized carbons (Fsp3) is 0.385. The molecule has 4 aromatic rings. The topological polar surface area (TPSA) is 128 Å². The molecule has 4 aromatic carbocycles. The van der Waals surface area contributed by atoms with Crippen molar-refractivity contribution < 1.29 is 28.5 Å². The largest absolute Gasteiger partial charge is 0.493 e. The number of carbonyl (C=O) groups excluding carboxylic acids is 2. The zero-order valence-electron chi connectivity index (χ0n) is 36.6. The number of rotatable bonds is 15. The Balaban J connectivity index is 0.793. The second-order valence-corrected chi connectivity index (χ2v) is 17.5. The quantitative estimate of drug-likeness (QED) is 0.0932. The molecule has 2 atom stereocenters. The van der Waals surface area contributed by atoms with Gasteiger partial charge in [0.05, 0.1) is 62.0 Å². The average molecular weight is 848 g/mol. The second-order valence-electron chi connectivity index (χ2n) is 17.5. The maximum atomic E-state index is 14.0. The van der Waals surface area contributed by atoms with E-state index >= 15 is 0 Å². The van der Waals surface area contributed by atoms with Crippen molar-refractivity contribution >= 4 is 52.5 Å². The Bertz CT molecular complexity index is 2470. The van der Waals surface area contributed by atoms with Crippen molar-refractivity contribution in [1.29, 1.82) is 0 Å². The van der Waals surface area contributed by atoms with E-state index in [0.29, 0.717) is 83.7 Å². The molecule has 2 amide bonds. The van der Waals surface area contributed by atoms with E-state index in [-0.39, 0.29) is 23.9 Å². The molecule has 1 saturated carbocycles. The molecule has 326 valence electrons. The van der Waals surface area contributed by atoms with Gasteiger partial charge in [0.25, 0.3) is 11.8 Å². The molecule has 0 saturated heterocycles. The predicted molar refractivity (Wildman–Crippen MR) is 249 cm³/mol. The molecule has 1 aliphatic carbocycles. The van der Waals surface area contributed by atoms with Crippen molar-refractivity contribution in [3.05, 3.63) is 113 Å². The number of nitrogens with zero attached hydrogens (tertiary/aromatic N) is 4. The van der Waals surface area contributed by atoms with Crippen LogP contribution in [0.3, 0.4) is 0 Å². The number of carbonyl (C=O) groups is 2. The van der Waals surface area contributed by atoms with E-state index in [1.54, 1.807) is 48.3 Å². The summed E-state index contributed by atoms with van der Waals surface area (Å²) in [6.07, 6.45) is 20.1. The summed E-state index contributed by atoms with van der Waals surface area (Å²) in [6, 6.07) is 23.2. The van der Waals surface area contributed by atoms with E-state index < -0.39 is 0 Å². The Morgan fingerprint density at radius 3 is 1.59 bits per heavy atom. The van der Waals surface area contributed by atoms with Gasteiger partial charge in [0.1, 0.15) is 0 Å². The molecule has 4 aliphatic heterocycles. The average Bonchev–Trinajstić information content (AvgIpc) is 3.89. The fourth-order valence-electron chi connectivity index (χ4n) is 9.74. The monoisotopic (exact) mass is 847 g/mol. The van der Waals surface area contributed by atoms with Gasteiger partial charge < -0.3 is 34.5 Å². The van der Waals surface area contributed by atoms with Crippen LogP contribution in [0.4, 0.5) is 17.1 Å². The van der Waals surface area contributed by atoms with Gasteiger partial charge in [-0.3, -0.25) is 19.6 Å². The first-order valence-corrected chi connectivity index (χ1v) is 22.6. The molecule has 0 unspecified atom stereocenters. The highest BCUT2D eigenvalue weighted by Gasteiger charge is 2.35. The van der Waals surface area contributed by atoms with Gasteiger partial charge in [-0.25, -0.2) is 0 Å². The first kappa shape index (κ1) is 42.0. The number of nitrogens with two attached hydrogens (primary N) is 1. The molecule has 0 aromatic heterocycles. The van der Waals surface area contributed by atoms with E-state index in [2.05, 4.69) is 31.2 Å². The lowest BCUT2D eigenvalue weighted by Gasteiger charge is -2.28. The lowest BCUT2D eigenvalue weighted by atomic mass is 9.78. The molecule has 1 fully saturated rings. The van der Waals surface area contributed by atoms with Crippen LogP contribution in [-0.2, 0) is 6.42 Å². The number of benzene rings is 4. The third kappa shape index (κ3) is 8.96. The van der Waals surface area contributed by atoms with Crippen molar-refractivity contribution in [2.75, 3.05) is 33.2 Å². The lowest BCUT2D eigenvalue weighted by Crippen LogP contribution is -2.32. The van der Waals surface area contributed by atoms with E-state index in [0.717, 1.165) is 40.5 Å². The van der Waals surface area contributed by atoms with Gasteiger partial charge in [0.15, 0.2) is 23.0 Å². The summed E-state index contributed by atoms with van der Waals surface area (Å²) in [6.45, 7) is 2.93. The minimum atomic E-state index is -0.201. The standard InChI is InChI=1S/C52H57N5O6/c1-4-6-33-7-9-34(10-8-33)11-12-35-13-15-36(16-14-35)38-23-41-29-54-45-27-49(47(60-2)25-43(45)51(58)56(41)31-38)62-21-5-22-63-50-28-46-44(26-48(50)61-3)52(59)57-32-39(24-42(57)30-55-46)37-17-19-40(53)20-18-37/h13-20,25-34,41-42H,4-12,21-24,53H2,1-3H3/t33?,34?,41-,42-/m0/s1. The van der Waals surface area contributed by atoms with Gasteiger partial charge in [-0.2, -0.15) is 0 Å². The van der Waals surface area contributed by atoms with Crippen LogP contribution < -0.4 is 24.7 Å². The predicted octanol–water partition coefficient (Wildman–Crippen LogP) is 10.6. The van der Waals surface area contributed by atoms with E-state index in [4.69, 9.17) is 34.7 Å². The molecule has 2 N–H and O–H groups in total. The number of aryl methyl sites for hydroxylation is 1. The molecule has 11 nitrogen and oxygen atoms in total. The van der Waals surface area contributed by atoms with Crippen LogP contribution in [0.2, 0.25) is 0 Å². The second kappa shape index (κ2) is 18.5. The Kier molecular flexibility index (Phi) is 12.4. The molecule has 11 heteroatoms. The van der Waals surface area contributed by atoms with E-state index in [1.807, 2.05) is 49.1 Å². The van der Waals surface area contributed by atoms with Gasteiger partial charge in [-0.05, 0) is 76.8 Å². The Labute approximate surface area is 370 Å². The molecule has 0 bridgehead atoms. The number of aliphatic imine (C=N–C) groups is 2. The molecular formula is C52H57N5O6. The first-order chi connectivity index (χ1) is 30.8. The van der Waals surface area contributed by atoms with Crippen LogP contribution in [0.1, 0.15) is 109 Å². The molecule has 0 radical (unpaired) electrons. The smallest absolute Gasteiger partial charge is 0.260 e. The third-order valence-electron chi connectivity index (χ3n) is 13.3. The maximum Gasteiger partial charge on any atom is 0.260 e. The number of nitrogen functional groups attached to an aromatic ring is 1. The fourth-order valence-corrected chi connectivity index (χ4v) is 9.74. The summed E-state index contributed by atoms with van der Waals surface area (Å²) >= 11 is 0. The number of hydrogen-bond acceptors (Lipinski definition) is 9. The van der Waals surface area contributed by atoms with Crippen molar-refractivity contribution in [3.63, 3.8) is 0 Å². The van der Waals surface area contributed by atoms with Crippen molar-refractivity contribution in [3.8, 4) is 23.0 Å². The number of methoxy groups -OCH3 is 2. The van der Waals surface area contributed by atoms with Gasteiger partial charge in [-0.15, -0.1) is 0 Å². The van der Waals surface area contributed by atoms with E-state index in [9.17, 15) is 9.59 Å².